The third kappa shape index (κ3) is 3.98. The van der Waals surface area contributed by atoms with Gasteiger partial charge in [0.1, 0.15) is 5.58 Å². The summed E-state index contributed by atoms with van der Waals surface area (Å²) in [4.78, 5) is 28.3. The Kier molecular flexibility index (Phi) is 5.60. The van der Waals surface area contributed by atoms with E-state index in [2.05, 4.69) is 15.9 Å². The van der Waals surface area contributed by atoms with Crippen LogP contribution in [0.2, 0.25) is 0 Å². The first kappa shape index (κ1) is 21.2. The first-order valence-electron chi connectivity index (χ1n) is 10.6. The predicted octanol–water partition coefficient (Wildman–Crippen LogP) is 6.02. The molecule has 3 aromatic carbocycles. The SMILES string of the molecule is O=C(C1=C(O)C(=O)N(CCc2ccccc2)C1c1cccc(Br)c1)c1cc2ccccc2o1. The van der Waals surface area contributed by atoms with Crippen LogP contribution >= 0.6 is 15.9 Å². The highest BCUT2D eigenvalue weighted by molar-refractivity contribution is 9.10. The Morgan fingerprint density at radius 2 is 1.73 bits per heavy atom. The summed E-state index contributed by atoms with van der Waals surface area (Å²) in [5, 5.41) is 11.6. The molecule has 0 bridgehead atoms. The van der Waals surface area contributed by atoms with Crippen LogP contribution in [0.4, 0.5) is 0 Å². The van der Waals surface area contributed by atoms with Crippen LogP contribution in [-0.2, 0) is 11.2 Å². The zero-order valence-corrected chi connectivity index (χ0v) is 19.2. The average Bonchev–Trinajstić information content (AvgIpc) is 3.37. The van der Waals surface area contributed by atoms with Crippen molar-refractivity contribution in [3.63, 3.8) is 0 Å². The zero-order chi connectivity index (χ0) is 22.9. The zero-order valence-electron chi connectivity index (χ0n) is 17.6. The molecule has 1 atom stereocenters. The van der Waals surface area contributed by atoms with E-state index < -0.39 is 23.5 Å². The normalized spacial score (nSPS) is 16.1. The molecule has 1 aliphatic heterocycles. The van der Waals surface area contributed by atoms with Crippen LogP contribution < -0.4 is 0 Å². The highest BCUT2D eigenvalue weighted by atomic mass is 79.9. The monoisotopic (exact) mass is 501 g/mol. The van der Waals surface area contributed by atoms with Gasteiger partial charge >= 0.3 is 0 Å². The largest absolute Gasteiger partial charge is 0.503 e. The third-order valence-corrected chi connectivity index (χ3v) is 6.34. The van der Waals surface area contributed by atoms with Gasteiger partial charge in [0.2, 0.25) is 5.78 Å². The lowest BCUT2D eigenvalue weighted by Crippen LogP contribution is -2.33. The lowest BCUT2D eigenvalue weighted by atomic mass is 9.95. The quantitative estimate of drug-likeness (QED) is 0.328. The van der Waals surface area contributed by atoms with E-state index in [9.17, 15) is 14.7 Å². The second-order valence-corrected chi connectivity index (χ2v) is 8.85. The highest BCUT2D eigenvalue weighted by Gasteiger charge is 2.44. The number of amides is 1. The van der Waals surface area contributed by atoms with Crippen molar-refractivity contribution in [2.24, 2.45) is 0 Å². The molecule has 5 rings (SSSR count). The van der Waals surface area contributed by atoms with E-state index in [0.717, 1.165) is 21.0 Å². The number of nitrogens with zero attached hydrogens (tertiary/aromatic N) is 1. The van der Waals surface area contributed by atoms with Crippen molar-refractivity contribution in [2.45, 2.75) is 12.5 Å². The Bertz CT molecular complexity index is 1360. The van der Waals surface area contributed by atoms with Crippen molar-refractivity contribution in [1.29, 1.82) is 0 Å². The van der Waals surface area contributed by atoms with Gasteiger partial charge in [0, 0.05) is 16.4 Å². The van der Waals surface area contributed by atoms with Gasteiger partial charge in [0.05, 0.1) is 11.6 Å². The molecule has 1 amide bonds. The third-order valence-electron chi connectivity index (χ3n) is 5.85. The fourth-order valence-electron chi connectivity index (χ4n) is 4.26. The second kappa shape index (κ2) is 8.71. The van der Waals surface area contributed by atoms with Gasteiger partial charge in [0.25, 0.3) is 5.91 Å². The van der Waals surface area contributed by atoms with E-state index in [1.807, 2.05) is 72.8 Å². The number of ketones is 1. The molecule has 4 aromatic rings. The van der Waals surface area contributed by atoms with E-state index in [-0.39, 0.29) is 11.3 Å². The van der Waals surface area contributed by atoms with Crippen molar-refractivity contribution in [2.75, 3.05) is 6.54 Å². The predicted molar refractivity (Wildman–Crippen MR) is 129 cm³/mol. The number of hydrogen-bond acceptors (Lipinski definition) is 4. The van der Waals surface area contributed by atoms with Gasteiger partial charge in [0.15, 0.2) is 11.5 Å². The molecule has 1 N–H and O–H groups in total. The van der Waals surface area contributed by atoms with E-state index in [4.69, 9.17) is 4.42 Å². The maximum atomic E-state index is 13.6. The van der Waals surface area contributed by atoms with Gasteiger partial charge in [-0.25, -0.2) is 0 Å². The van der Waals surface area contributed by atoms with Gasteiger partial charge in [-0.05, 0) is 41.8 Å². The number of carbonyl (C=O) groups is 2. The van der Waals surface area contributed by atoms with Crippen molar-refractivity contribution in [3.8, 4) is 0 Å². The molecule has 0 spiro atoms. The van der Waals surface area contributed by atoms with E-state index in [1.165, 1.54) is 0 Å². The number of fused-ring (bicyclic) bond motifs is 1. The summed E-state index contributed by atoms with van der Waals surface area (Å²) >= 11 is 3.47. The number of furan rings is 1. The van der Waals surface area contributed by atoms with Gasteiger partial charge in [-0.3, -0.25) is 9.59 Å². The van der Waals surface area contributed by atoms with Crippen LogP contribution in [-0.4, -0.2) is 28.2 Å². The molecule has 33 heavy (non-hydrogen) atoms. The fourth-order valence-corrected chi connectivity index (χ4v) is 4.68. The molecular weight excluding hydrogens is 482 g/mol. The van der Waals surface area contributed by atoms with Gasteiger partial charge in [-0.1, -0.05) is 76.6 Å². The van der Waals surface area contributed by atoms with Gasteiger partial charge in [-0.2, -0.15) is 0 Å². The Balaban J connectivity index is 1.55. The lowest BCUT2D eigenvalue weighted by Gasteiger charge is -2.27. The number of halogens is 1. The van der Waals surface area contributed by atoms with Crippen molar-refractivity contribution >= 4 is 38.6 Å². The van der Waals surface area contributed by atoms with Gasteiger partial charge in [-0.15, -0.1) is 0 Å². The van der Waals surface area contributed by atoms with E-state index in [1.54, 1.807) is 17.0 Å². The Labute approximate surface area is 199 Å². The first-order chi connectivity index (χ1) is 16.0. The molecule has 164 valence electrons. The number of para-hydroxylation sites is 1. The fraction of sp³-hybridized carbons (Fsp3) is 0.111. The Hall–Kier alpha value is -3.64. The number of benzene rings is 3. The molecule has 1 aliphatic rings. The lowest BCUT2D eigenvalue weighted by molar-refractivity contribution is -0.129. The Morgan fingerprint density at radius 1 is 0.970 bits per heavy atom. The maximum Gasteiger partial charge on any atom is 0.290 e. The summed E-state index contributed by atoms with van der Waals surface area (Å²) < 4.78 is 6.58. The number of hydrogen-bond donors (Lipinski definition) is 1. The molecule has 0 radical (unpaired) electrons. The van der Waals surface area contributed by atoms with Crippen LogP contribution in [0.15, 0.2) is 105 Å². The molecule has 0 fully saturated rings. The van der Waals surface area contributed by atoms with Crippen LogP contribution in [0.5, 0.6) is 0 Å². The van der Waals surface area contributed by atoms with Crippen LogP contribution in [0, 0.1) is 0 Å². The molecule has 1 unspecified atom stereocenters. The smallest absolute Gasteiger partial charge is 0.290 e. The molecule has 5 nitrogen and oxygen atoms in total. The summed E-state index contributed by atoms with van der Waals surface area (Å²) in [5.41, 5.74) is 2.40. The topological polar surface area (TPSA) is 70.8 Å². The molecule has 0 saturated heterocycles. The molecule has 6 heteroatoms. The minimum Gasteiger partial charge on any atom is -0.503 e. The summed E-state index contributed by atoms with van der Waals surface area (Å²) in [6.07, 6.45) is 0.594. The van der Waals surface area contributed by atoms with E-state index in [0.29, 0.717) is 18.5 Å². The molecular formula is C27H20BrNO4. The number of aliphatic hydroxyl groups excluding tert-OH is 1. The average molecular weight is 502 g/mol. The number of Topliss-reactive ketones (excluding diaryl/α,β-unsaturated/α-hetero) is 1. The number of carbonyl (C=O) groups excluding carboxylic acids is 2. The standard InChI is InChI=1S/C27H20BrNO4/c28-20-11-6-10-19(15-20)24-23(25(30)22-16-18-9-4-5-12-21(18)33-22)26(31)27(32)29(24)14-13-17-7-2-1-3-8-17/h1-12,15-16,24,31H,13-14H2. The number of rotatable bonds is 6. The van der Waals surface area contributed by atoms with Crippen LogP contribution in [0.3, 0.4) is 0 Å². The van der Waals surface area contributed by atoms with E-state index >= 15 is 0 Å². The summed E-state index contributed by atoms with van der Waals surface area (Å²) in [7, 11) is 0. The highest BCUT2D eigenvalue weighted by Crippen LogP contribution is 2.40. The minimum absolute atomic E-state index is 0.0326. The van der Waals surface area contributed by atoms with Crippen molar-refractivity contribution in [1.82, 2.24) is 4.90 Å². The second-order valence-electron chi connectivity index (χ2n) is 7.93. The maximum absolute atomic E-state index is 13.6. The van der Waals surface area contributed by atoms with Crippen LogP contribution in [0.25, 0.3) is 11.0 Å². The molecule has 1 aromatic heterocycles. The molecule has 0 saturated carbocycles. The van der Waals surface area contributed by atoms with Gasteiger partial charge < -0.3 is 14.4 Å². The Morgan fingerprint density at radius 3 is 2.48 bits per heavy atom. The molecule has 2 heterocycles. The number of aliphatic hydroxyl groups is 1. The minimum atomic E-state index is -0.723. The summed E-state index contributed by atoms with van der Waals surface area (Å²) in [6, 6.07) is 25.5. The molecule has 0 aliphatic carbocycles. The van der Waals surface area contributed by atoms with Crippen LogP contribution in [0.1, 0.15) is 27.7 Å². The summed E-state index contributed by atoms with van der Waals surface area (Å²) in [6.45, 7) is 0.348. The van der Waals surface area contributed by atoms with Crippen molar-refractivity contribution < 1.29 is 19.1 Å². The first-order valence-corrected chi connectivity index (χ1v) is 11.4. The van der Waals surface area contributed by atoms with Crippen molar-refractivity contribution in [3.05, 3.63) is 118 Å². The summed E-state index contributed by atoms with van der Waals surface area (Å²) in [5.74, 6) is -1.49.